The molecule has 72 valence electrons. The Morgan fingerprint density at radius 3 is 2.69 bits per heavy atom. The first-order valence-electron chi connectivity index (χ1n) is 3.32. The molecule has 4 N–H and O–H groups in total. The highest BCUT2D eigenvalue weighted by atomic mass is 35.5. The molecule has 0 aliphatic rings. The highest BCUT2D eigenvalue weighted by Gasteiger charge is 2.08. The standard InChI is InChI=1S/C7H9N3O2.ClH/c1-4-2-3-5(6(8)9-4)7(11)10-12;/h2-3,12H,1H3,(H2,8,9)(H,10,11);1H. The molecule has 0 spiro atoms. The second kappa shape index (κ2) is 4.64. The molecule has 0 aromatic carbocycles. The van der Waals surface area contributed by atoms with Crippen molar-refractivity contribution >= 4 is 24.1 Å². The maximum absolute atomic E-state index is 10.9. The molecule has 0 radical (unpaired) electrons. The number of carbonyl (C=O) groups is 1. The van der Waals surface area contributed by atoms with Crippen molar-refractivity contribution in [1.29, 1.82) is 0 Å². The molecule has 1 aromatic heterocycles. The molecule has 13 heavy (non-hydrogen) atoms. The van der Waals surface area contributed by atoms with Crippen LogP contribution in [0.25, 0.3) is 0 Å². The largest absolute Gasteiger partial charge is 0.383 e. The van der Waals surface area contributed by atoms with Gasteiger partial charge in [-0.3, -0.25) is 10.0 Å². The Kier molecular flexibility index (Phi) is 4.16. The van der Waals surface area contributed by atoms with Gasteiger partial charge in [-0.2, -0.15) is 0 Å². The van der Waals surface area contributed by atoms with Crippen LogP contribution in [-0.4, -0.2) is 16.1 Å². The van der Waals surface area contributed by atoms with Crippen molar-refractivity contribution in [3.8, 4) is 0 Å². The lowest BCUT2D eigenvalue weighted by molar-refractivity contribution is 0.0707. The molecule has 0 atom stereocenters. The molecule has 5 nitrogen and oxygen atoms in total. The third-order valence-corrected chi connectivity index (χ3v) is 1.41. The van der Waals surface area contributed by atoms with E-state index in [-0.39, 0.29) is 23.8 Å². The summed E-state index contributed by atoms with van der Waals surface area (Å²) in [7, 11) is 0. The van der Waals surface area contributed by atoms with Crippen LogP contribution in [-0.2, 0) is 0 Å². The number of halogens is 1. The van der Waals surface area contributed by atoms with Crippen LogP contribution in [0.1, 0.15) is 16.1 Å². The van der Waals surface area contributed by atoms with Gasteiger partial charge in [0.05, 0.1) is 5.56 Å². The van der Waals surface area contributed by atoms with Crippen molar-refractivity contribution in [3.63, 3.8) is 0 Å². The molecule has 1 rings (SSSR count). The maximum atomic E-state index is 10.9. The molecule has 6 heteroatoms. The number of aromatic nitrogens is 1. The lowest BCUT2D eigenvalue weighted by Crippen LogP contribution is -2.20. The quantitative estimate of drug-likeness (QED) is 0.459. The SMILES string of the molecule is Cc1ccc(C(=O)NO)c(N)n1.Cl. The number of nitrogen functional groups attached to an aromatic ring is 1. The number of hydrogen-bond donors (Lipinski definition) is 3. The van der Waals surface area contributed by atoms with Gasteiger partial charge in [0.15, 0.2) is 0 Å². The maximum Gasteiger partial charge on any atom is 0.278 e. The van der Waals surface area contributed by atoms with Gasteiger partial charge in [-0.25, -0.2) is 10.5 Å². The normalized spacial score (nSPS) is 8.77. The Labute approximate surface area is 81.3 Å². The van der Waals surface area contributed by atoms with Gasteiger partial charge in [0, 0.05) is 5.69 Å². The number of carbonyl (C=O) groups excluding carboxylic acids is 1. The van der Waals surface area contributed by atoms with Crippen LogP contribution in [0.4, 0.5) is 5.82 Å². The topological polar surface area (TPSA) is 88.2 Å². The number of anilines is 1. The van der Waals surface area contributed by atoms with Gasteiger partial charge < -0.3 is 5.73 Å². The first-order valence-corrected chi connectivity index (χ1v) is 3.32. The van der Waals surface area contributed by atoms with E-state index in [1.807, 2.05) is 0 Å². The van der Waals surface area contributed by atoms with Gasteiger partial charge in [-0.15, -0.1) is 12.4 Å². The van der Waals surface area contributed by atoms with E-state index in [0.29, 0.717) is 0 Å². The minimum atomic E-state index is -0.653. The summed E-state index contributed by atoms with van der Waals surface area (Å²) in [5.41, 5.74) is 7.79. The van der Waals surface area contributed by atoms with Gasteiger partial charge in [-0.1, -0.05) is 0 Å². The molecular weight excluding hydrogens is 194 g/mol. The van der Waals surface area contributed by atoms with E-state index in [4.69, 9.17) is 10.9 Å². The molecule has 0 saturated heterocycles. The molecule has 0 fully saturated rings. The number of amides is 1. The van der Waals surface area contributed by atoms with Crippen molar-refractivity contribution in [2.75, 3.05) is 5.73 Å². The van der Waals surface area contributed by atoms with Crippen LogP contribution in [0.5, 0.6) is 0 Å². The van der Waals surface area contributed by atoms with Gasteiger partial charge in [0.1, 0.15) is 5.82 Å². The van der Waals surface area contributed by atoms with E-state index in [1.54, 1.807) is 13.0 Å². The van der Waals surface area contributed by atoms with E-state index in [1.165, 1.54) is 11.5 Å². The van der Waals surface area contributed by atoms with E-state index < -0.39 is 5.91 Å². The Balaban J connectivity index is 0.00000144. The van der Waals surface area contributed by atoms with Crippen LogP contribution in [0.2, 0.25) is 0 Å². The molecule has 0 saturated carbocycles. The number of hydroxylamine groups is 1. The molecule has 1 heterocycles. The number of hydrogen-bond acceptors (Lipinski definition) is 4. The zero-order valence-electron chi connectivity index (χ0n) is 6.94. The van der Waals surface area contributed by atoms with Crippen LogP contribution in [0.15, 0.2) is 12.1 Å². The Morgan fingerprint density at radius 2 is 2.23 bits per heavy atom. The predicted molar refractivity (Wildman–Crippen MR) is 49.9 cm³/mol. The minimum Gasteiger partial charge on any atom is -0.383 e. The molecule has 1 aromatic rings. The predicted octanol–water partition coefficient (Wildman–Crippen LogP) is 0.513. The smallest absolute Gasteiger partial charge is 0.278 e. The Hall–Kier alpha value is -1.33. The number of rotatable bonds is 1. The lowest BCUT2D eigenvalue weighted by Gasteiger charge is -2.02. The molecular formula is C7H10ClN3O2. The third-order valence-electron chi connectivity index (χ3n) is 1.41. The summed E-state index contributed by atoms with van der Waals surface area (Å²) in [5.74, 6) is -0.540. The number of pyridine rings is 1. The molecule has 0 unspecified atom stereocenters. The summed E-state index contributed by atoms with van der Waals surface area (Å²) in [5, 5.41) is 8.30. The summed E-state index contributed by atoms with van der Waals surface area (Å²) in [6, 6.07) is 3.14. The summed E-state index contributed by atoms with van der Waals surface area (Å²) in [6.45, 7) is 1.76. The summed E-state index contributed by atoms with van der Waals surface area (Å²) >= 11 is 0. The average Bonchev–Trinajstić information content (AvgIpc) is 2.03. The van der Waals surface area contributed by atoms with E-state index >= 15 is 0 Å². The fourth-order valence-electron chi connectivity index (χ4n) is 0.829. The third kappa shape index (κ3) is 2.57. The zero-order chi connectivity index (χ0) is 9.14. The van der Waals surface area contributed by atoms with E-state index in [0.717, 1.165) is 5.69 Å². The van der Waals surface area contributed by atoms with Crippen LogP contribution in [0, 0.1) is 6.92 Å². The van der Waals surface area contributed by atoms with Crippen LogP contribution >= 0.6 is 12.4 Å². The number of nitrogens with zero attached hydrogens (tertiary/aromatic N) is 1. The average molecular weight is 204 g/mol. The fourth-order valence-corrected chi connectivity index (χ4v) is 0.829. The Morgan fingerprint density at radius 1 is 1.62 bits per heavy atom. The molecule has 0 aliphatic carbocycles. The first kappa shape index (κ1) is 11.7. The fraction of sp³-hybridized carbons (Fsp3) is 0.143. The van der Waals surface area contributed by atoms with Crippen molar-refractivity contribution in [2.24, 2.45) is 0 Å². The van der Waals surface area contributed by atoms with Crippen molar-refractivity contribution in [2.45, 2.75) is 6.92 Å². The van der Waals surface area contributed by atoms with Gasteiger partial charge >= 0.3 is 0 Å². The molecule has 1 amide bonds. The Bertz CT molecular complexity index is 317. The highest BCUT2D eigenvalue weighted by molar-refractivity contribution is 5.97. The van der Waals surface area contributed by atoms with Gasteiger partial charge in [0.25, 0.3) is 5.91 Å². The van der Waals surface area contributed by atoms with Crippen molar-refractivity contribution in [1.82, 2.24) is 10.5 Å². The second-order valence-electron chi connectivity index (χ2n) is 2.33. The van der Waals surface area contributed by atoms with E-state index in [2.05, 4.69) is 4.98 Å². The van der Waals surface area contributed by atoms with Crippen molar-refractivity contribution < 1.29 is 10.0 Å². The number of nitrogens with one attached hydrogen (secondary N) is 1. The molecule has 0 aliphatic heterocycles. The summed E-state index contributed by atoms with van der Waals surface area (Å²) in [4.78, 5) is 14.7. The minimum absolute atomic E-state index is 0. The summed E-state index contributed by atoms with van der Waals surface area (Å²) in [6.07, 6.45) is 0. The van der Waals surface area contributed by atoms with Crippen LogP contribution < -0.4 is 11.2 Å². The number of aryl methyl sites for hydroxylation is 1. The molecule has 0 bridgehead atoms. The summed E-state index contributed by atoms with van der Waals surface area (Å²) < 4.78 is 0. The van der Waals surface area contributed by atoms with Gasteiger partial charge in [-0.05, 0) is 19.1 Å². The van der Waals surface area contributed by atoms with Crippen LogP contribution in [0.3, 0.4) is 0 Å². The second-order valence-corrected chi connectivity index (χ2v) is 2.33. The van der Waals surface area contributed by atoms with E-state index in [9.17, 15) is 4.79 Å². The highest BCUT2D eigenvalue weighted by Crippen LogP contribution is 2.08. The number of nitrogens with two attached hydrogens (primary N) is 1. The lowest BCUT2D eigenvalue weighted by atomic mass is 10.2. The zero-order valence-corrected chi connectivity index (χ0v) is 7.76. The first-order chi connectivity index (χ1) is 5.65. The monoisotopic (exact) mass is 203 g/mol. The van der Waals surface area contributed by atoms with Gasteiger partial charge in [0.2, 0.25) is 0 Å². The van der Waals surface area contributed by atoms with Crippen molar-refractivity contribution in [3.05, 3.63) is 23.4 Å².